The Morgan fingerprint density at radius 2 is 1.94 bits per heavy atom. The van der Waals surface area contributed by atoms with Crippen LogP contribution in [0.25, 0.3) is 0 Å². The number of pyridine rings is 1. The van der Waals surface area contributed by atoms with Crippen LogP contribution in [0.3, 0.4) is 0 Å². The van der Waals surface area contributed by atoms with E-state index in [0.717, 1.165) is 46.5 Å². The van der Waals surface area contributed by atoms with Gasteiger partial charge < -0.3 is 5.32 Å². The lowest BCUT2D eigenvalue weighted by Crippen LogP contribution is -2.30. The summed E-state index contributed by atoms with van der Waals surface area (Å²) in [6.45, 7) is 8.09. The number of amidine groups is 1. The Hall–Kier alpha value is -4.30. The lowest BCUT2D eigenvalue weighted by atomic mass is 10.0. The number of amides is 1. The van der Waals surface area contributed by atoms with Gasteiger partial charge in [-0.2, -0.15) is 0 Å². The summed E-state index contributed by atoms with van der Waals surface area (Å²) in [4.78, 5) is 25.9. The van der Waals surface area contributed by atoms with Crippen molar-refractivity contribution in [1.82, 2.24) is 10.3 Å². The van der Waals surface area contributed by atoms with Crippen molar-refractivity contribution >= 4 is 17.5 Å². The summed E-state index contributed by atoms with van der Waals surface area (Å²) in [5, 5.41) is 2.95. The van der Waals surface area contributed by atoms with E-state index in [1.165, 1.54) is 0 Å². The van der Waals surface area contributed by atoms with Crippen LogP contribution in [0.5, 0.6) is 0 Å². The molecule has 1 amide bonds. The van der Waals surface area contributed by atoms with Gasteiger partial charge in [-0.15, -0.1) is 0 Å². The molecule has 176 valence electrons. The largest absolute Gasteiger partial charge is 0.310 e. The van der Waals surface area contributed by atoms with E-state index >= 15 is 0 Å². The van der Waals surface area contributed by atoms with E-state index in [2.05, 4.69) is 38.3 Å². The van der Waals surface area contributed by atoms with Crippen molar-refractivity contribution in [1.29, 1.82) is 0 Å². The van der Waals surface area contributed by atoms with Gasteiger partial charge >= 0.3 is 0 Å². The summed E-state index contributed by atoms with van der Waals surface area (Å²) in [6, 6.07) is 11.5. The Balaban J connectivity index is 1.60. The Labute approximate surface area is 207 Å². The van der Waals surface area contributed by atoms with Crippen LogP contribution < -0.4 is 5.32 Å². The van der Waals surface area contributed by atoms with Crippen LogP contribution in [-0.2, 0) is 6.42 Å². The highest BCUT2D eigenvalue weighted by atomic mass is 16.1. The average Bonchev–Trinajstić information content (AvgIpc) is 2.89. The Bertz CT molecular complexity index is 1310. The van der Waals surface area contributed by atoms with Crippen molar-refractivity contribution in [2.45, 2.75) is 33.1 Å². The number of carbonyl (C=O) groups is 1. The van der Waals surface area contributed by atoms with Gasteiger partial charge in [0.25, 0.3) is 5.91 Å². The van der Waals surface area contributed by atoms with E-state index in [-0.39, 0.29) is 5.91 Å². The first-order chi connectivity index (χ1) is 17.0. The maximum Gasteiger partial charge on any atom is 0.256 e. The van der Waals surface area contributed by atoms with E-state index in [1.807, 2.05) is 68.5 Å². The smallest absolute Gasteiger partial charge is 0.256 e. The number of allylic oxidation sites excluding steroid dienone is 6. The van der Waals surface area contributed by atoms with E-state index in [0.29, 0.717) is 17.8 Å². The fourth-order valence-corrected chi connectivity index (χ4v) is 3.38. The third-order valence-electron chi connectivity index (χ3n) is 5.43. The minimum atomic E-state index is -0.171. The molecule has 2 aromatic rings. The highest BCUT2D eigenvalue weighted by Gasteiger charge is 2.10. The number of hydrogen-bond donors (Lipinski definition) is 1. The molecule has 0 atom stereocenters. The molecule has 1 aliphatic rings. The summed E-state index contributed by atoms with van der Waals surface area (Å²) in [6.07, 6.45) is 13.2. The summed E-state index contributed by atoms with van der Waals surface area (Å²) in [5.41, 5.74) is 12.1. The van der Waals surface area contributed by atoms with Crippen molar-refractivity contribution in [3.63, 3.8) is 0 Å². The Kier molecular flexibility index (Phi) is 9.27. The van der Waals surface area contributed by atoms with Gasteiger partial charge in [-0.25, -0.2) is 4.99 Å². The number of aliphatic imine (C=N–C) groups is 2. The van der Waals surface area contributed by atoms with E-state index < -0.39 is 0 Å². The molecule has 1 aromatic heterocycles. The number of aromatic nitrogens is 1. The lowest BCUT2D eigenvalue weighted by Gasteiger charge is -2.10. The first-order valence-corrected chi connectivity index (χ1v) is 11.6. The molecule has 0 spiro atoms. The molecule has 0 bridgehead atoms. The fourth-order valence-electron chi connectivity index (χ4n) is 3.38. The molecule has 1 aliphatic carbocycles. The van der Waals surface area contributed by atoms with Gasteiger partial charge in [0.1, 0.15) is 5.84 Å². The lowest BCUT2D eigenvalue weighted by molar-refractivity contribution is 0.0976. The van der Waals surface area contributed by atoms with Crippen LogP contribution >= 0.6 is 0 Å². The number of carbonyl (C=O) groups excluding carboxylic acids is 1. The Morgan fingerprint density at radius 1 is 1.14 bits per heavy atom. The molecule has 0 saturated carbocycles. The number of hydrogen-bond acceptors (Lipinski definition) is 4. The molecule has 1 N–H and O–H groups in total. The molecule has 3 rings (SSSR count). The molecule has 0 saturated heterocycles. The molecule has 5 heteroatoms. The fraction of sp³-hybridized carbons (Fsp3) is 0.200. The summed E-state index contributed by atoms with van der Waals surface area (Å²) >= 11 is 0. The van der Waals surface area contributed by atoms with Crippen molar-refractivity contribution in [3.05, 3.63) is 125 Å². The van der Waals surface area contributed by atoms with Crippen molar-refractivity contribution in [3.8, 4) is 0 Å². The monoisotopic (exact) mass is 462 g/mol. The van der Waals surface area contributed by atoms with E-state index in [9.17, 15) is 4.79 Å². The van der Waals surface area contributed by atoms with E-state index in [4.69, 9.17) is 0 Å². The van der Waals surface area contributed by atoms with Crippen LogP contribution in [0.15, 0.2) is 118 Å². The zero-order valence-corrected chi connectivity index (χ0v) is 20.5. The maximum absolute atomic E-state index is 12.9. The van der Waals surface area contributed by atoms with Crippen LogP contribution in [-0.4, -0.2) is 29.5 Å². The van der Waals surface area contributed by atoms with Crippen LogP contribution in [0.2, 0.25) is 0 Å². The number of rotatable bonds is 9. The van der Waals surface area contributed by atoms with Gasteiger partial charge in [-0.05, 0) is 67.3 Å². The number of benzene rings is 1. The van der Waals surface area contributed by atoms with Gasteiger partial charge in [-0.3, -0.25) is 14.8 Å². The molecule has 0 fully saturated rings. The first kappa shape index (κ1) is 25.3. The van der Waals surface area contributed by atoms with Gasteiger partial charge in [0.15, 0.2) is 0 Å². The molecular formula is C30H30N4O. The minimum absolute atomic E-state index is 0.171. The molecule has 0 aliphatic heterocycles. The Morgan fingerprint density at radius 3 is 2.66 bits per heavy atom. The molecule has 0 radical (unpaired) electrons. The maximum atomic E-state index is 12.9. The summed E-state index contributed by atoms with van der Waals surface area (Å²) in [7, 11) is 1.76. The van der Waals surface area contributed by atoms with Gasteiger partial charge in [0, 0.05) is 43.1 Å². The quantitative estimate of drug-likeness (QED) is 0.217. The van der Waals surface area contributed by atoms with Crippen molar-refractivity contribution in [2.75, 3.05) is 7.05 Å². The SMILES string of the molecule is C=C(/C=C\C(=NC)c1cccnc1)CCc1cccc(C(=O)NC(CC)=NC2=C(C)C=C=C=C2)c1. The number of nitrogens with one attached hydrogen (secondary N) is 1. The second kappa shape index (κ2) is 12.8. The molecule has 1 aromatic carbocycles. The van der Waals surface area contributed by atoms with Gasteiger partial charge in [0.05, 0.1) is 11.4 Å². The highest BCUT2D eigenvalue weighted by molar-refractivity contribution is 6.08. The number of aryl methyl sites for hydroxylation is 1. The van der Waals surface area contributed by atoms with E-state index in [1.54, 1.807) is 25.5 Å². The second-order valence-electron chi connectivity index (χ2n) is 8.05. The first-order valence-electron chi connectivity index (χ1n) is 11.6. The third kappa shape index (κ3) is 7.62. The van der Waals surface area contributed by atoms with Crippen molar-refractivity contribution in [2.24, 2.45) is 9.98 Å². The van der Waals surface area contributed by atoms with Gasteiger partial charge in [-0.1, -0.05) is 48.7 Å². The van der Waals surface area contributed by atoms with Crippen LogP contribution in [0.1, 0.15) is 48.2 Å². The topological polar surface area (TPSA) is 66.7 Å². The minimum Gasteiger partial charge on any atom is -0.310 e. The second-order valence-corrected chi connectivity index (χ2v) is 8.05. The predicted molar refractivity (Wildman–Crippen MR) is 144 cm³/mol. The molecule has 5 nitrogen and oxygen atoms in total. The van der Waals surface area contributed by atoms with Crippen LogP contribution in [0, 0.1) is 0 Å². The summed E-state index contributed by atoms with van der Waals surface area (Å²) < 4.78 is 0. The van der Waals surface area contributed by atoms with Gasteiger partial charge in [0.2, 0.25) is 0 Å². The average molecular weight is 463 g/mol. The number of nitrogens with zero attached hydrogens (tertiary/aromatic N) is 3. The predicted octanol–water partition coefficient (Wildman–Crippen LogP) is 5.94. The highest BCUT2D eigenvalue weighted by Crippen LogP contribution is 2.14. The zero-order valence-electron chi connectivity index (χ0n) is 20.5. The molecule has 1 heterocycles. The summed E-state index contributed by atoms with van der Waals surface area (Å²) in [5.74, 6) is 0.444. The molecule has 0 unspecified atom stereocenters. The standard InChI is InChI=1S/C30H30N4O/c1-5-29(33-27-14-7-6-10-23(27)3)34-30(35)25-12-8-11-24(20-25)17-15-22(2)16-18-28(31-4)26-13-9-19-32-21-26/h8-14,16,18-21H,2,5,15,17H2,1,3-4H3,(H,33,34,35)/b18-16-,31-28?. The van der Waals surface area contributed by atoms with Crippen molar-refractivity contribution < 1.29 is 4.79 Å². The molecular weight excluding hydrogens is 432 g/mol. The van der Waals surface area contributed by atoms with Crippen LogP contribution in [0.4, 0.5) is 0 Å². The molecule has 35 heavy (non-hydrogen) atoms. The normalized spacial score (nSPS) is 13.6. The third-order valence-corrected chi connectivity index (χ3v) is 5.43. The zero-order chi connectivity index (χ0) is 25.0.